The quantitative estimate of drug-likeness (QED) is 0.674. The molecule has 23 heavy (non-hydrogen) atoms. The molecule has 0 unspecified atom stereocenters. The minimum absolute atomic E-state index is 0.560. The number of fused-ring (bicyclic) bond motifs is 1. The number of hydrogen-bond donors (Lipinski definition) is 0. The molecule has 0 saturated carbocycles. The van der Waals surface area contributed by atoms with Gasteiger partial charge in [-0.3, -0.25) is 0 Å². The summed E-state index contributed by atoms with van der Waals surface area (Å²) in [5, 5.41) is 1.10. The maximum atomic E-state index is 5.48. The van der Waals surface area contributed by atoms with E-state index in [1.807, 2.05) is 6.07 Å². The van der Waals surface area contributed by atoms with Gasteiger partial charge in [-0.1, -0.05) is 38.1 Å². The van der Waals surface area contributed by atoms with Crippen molar-refractivity contribution in [1.29, 1.82) is 0 Å². The van der Waals surface area contributed by atoms with Crippen LogP contribution in [0.1, 0.15) is 30.9 Å². The molecule has 0 atom stereocenters. The number of ether oxygens (including phenoxy) is 2. The molecule has 0 N–H and O–H groups in total. The molecule has 1 aromatic heterocycles. The summed E-state index contributed by atoms with van der Waals surface area (Å²) >= 11 is 0. The van der Waals surface area contributed by atoms with Gasteiger partial charge in [-0.2, -0.15) is 0 Å². The monoisotopic (exact) mass is 309 g/mol. The van der Waals surface area contributed by atoms with Crippen molar-refractivity contribution in [1.82, 2.24) is 4.57 Å². The molecule has 3 aromatic rings. The number of benzene rings is 2. The summed E-state index contributed by atoms with van der Waals surface area (Å²) in [5.41, 5.74) is 3.78. The average Bonchev–Trinajstić information content (AvgIpc) is 2.97. The Balaban J connectivity index is 1.96. The lowest BCUT2D eigenvalue weighted by molar-refractivity contribution is 0.398. The van der Waals surface area contributed by atoms with Crippen molar-refractivity contribution in [3.63, 3.8) is 0 Å². The van der Waals surface area contributed by atoms with E-state index in [1.165, 1.54) is 11.1 Å². The standard InChI is InChI=1S/C20H23NO2/c1-14(2)16-7-5-15(6-8-16)13-21-10-9-18-19(21)11-17(22-3)12-20(18)23-4/h5-12,14H,13H2,1-4H3. The summed E-state index contributed by atoms with van der Waals surface area (Å²) in [6.45, 7) is 5.26. The van der Waals surface area contributed by atoms with Crippen LogP contribution in [0.3, 0.4) is 0 Å². The topological polar surface area (TPSA) is 23.4 Å². The highest BCUT2D eigenvalue weighted by Gasteiger charge is 2.10. The van der Waals surface area contributed by atoms with E-state index in [9.17, 15) is 0 Å². The van der Waals surface area contributed by atoms with Gasteiger partial charge in [-0.05, 0) is 23.1 Å². The molecule has 3 rings (SSSR count). The van der Waals surface area contributed by atoms with Gasteiger partial charge in [0.1, 0.15) is 11.5 Å². The Morgan fingerprint density at radius 3 is 2.30 bits per heavy atom. The van der Waals surface area contributed by atoms with Crippen LogP contribution in [0.15, 0.2) is 48.7 Å². The highest BCUT2D eigenvalue weighted by atomic mass is 16.5. The zero-order valence-corrected chi connectivity index (χ0v) is 14.2. The number of aromatic nitrogens is 1. The molecule has 0 spiro atoms. The normalized spacial score (nSPS) is 11.2. The maximum Gasteiger partial charge on any atom is 0.131 e. The summed E-state index contributed by atoms with van der Waals surface area (Å²) in [5.74, 6) is 2.21. The van der Waals surface area contributed by atoms with E-state index in [0.717, 1.165) is 28.9 Å². The van der Waals surface area contributed by atoms with E-state index in [4.69, 9.17) is 9.47 Å². The molecule has 0 bridgehead atoms. The van der Waals surface area contributed by atoms with Crippen LogP contribution in [0.25, 0.3) is 10.9 Å². The van der Waals surface area contributed by atoms with E-state index in [2.05, 4.69) is 61.0 Å². The Labute approximate surface area is 137 Å². The molecule has 2 aromatic carbocycles. The molecule has 3 nitrogen and oxygen atoms in total. The summed E-state index contributed by atoms with van der Waals surface area (Å²) in [6, 6.07) is 14.9. The third-order valence-corrected chi connectivity index (χ3v) is 4.28. The van der Waals surface area contributed by atoms with Crippen molar-refractivity contribution < 1.29 is 9.47 Å². The molecule has 0 fully saturated rings. The fraction of sp³-hybridized carbons (Fsp3) is 0.300. The summed E-state index contributed by atoms with van der Waals surface area (Å²) < 4.78 is 13.1. The van der Waals surface area contributed by atoms with Crippen molar-refractivity contribution in [3.8, 4) is 11.5 Å². The second-order valence-electron chi connectivity index (χ2n) is 6.10. The Morgan fingerprint density at radius 1 is 0.957 bits per heavy atom. The molecule has 1 heterocycles. The van der Waals surface area contributed by atoms with E-state index < -0.39 is 0 Å². The van der Waals surface area contributed by atoms with Crippen molar-refractivity contribution in [3.05, 3.63) is 59.8 Å². The lowest BCUT2D eigenvalue weighted by Gasteiger charge is -2.11. The van der Waals surface area contributed by atoms with Crippen LogP contribution in [0.2, 0.25) is 0 Å². The van der Waals surface area contributed by atoms with Crippen LogP contribution in [-0.2, 0) is 6.54 Å². The molecule has 0 aliphatic heterocycles. The van der Waals surface area contributed by atoms with Crippen LogP contribution in [0.5, 0.6) is 11.5 Å². The van der Waals surface area contributed by atoms with Gasteiger partial charge in [0.15, 0.2) is 0 Å². The molecule has 0 aliphatic carbocycles. The van der Waals surface area contributed by atoms with Gasteiger partial charge in [0, 0.05) is 30.3 Å². The van der Waals surface area contributed by atoms with Crippen LogP contribution < -0.4 is 9.47 Å². The number of hydrogen-bond acceptors (Lipinski definition) is 2. The third-order valence-electron chi connectivity index (χ3n) is 4.28. The third kappa shape index (κ3) is 3.04. The molecule has 120 valence electrons. The van der Waals surface area contributed by atoms with Gasteiger partial charge < -0.3 is 14.0 Å². The summed E-state index contributed by atoms with van der Waals surface area (Å²) in [6.07, 6.45) is 2.10. The molecule has 0 saturated heterocycles. The number of methoxy groups -OCH3 is 2. The Hall–Kier alpha value is -2.42. The Bertz CT molecular complexity index is 800. The molecule has 0 aliphatic rings. The molecule has 0 radical (unpaired) electrons. The highest BCUT2D eigenvalue weighted by Crippen LogP contribution is 2.32. The van der Waals surface area contributed by atoms with E-state index in [0.29, 0.717) is 5.92 Å². The van der Waals surface area contributed by atoms with Gasteiger partial charge in [0.25, 0.3) is 0 Å². The van der Waals surface area contributed by atoms with Crippen molar-refractivity contribution >= 4 is 10.9 Å². The SMILES string of the molecule is COc1cc(OC)c2ccn(Cc3ccc(C(C)C)cc3)c2c1. The van der Waals surface area contributed by atoms with Crippen LogP contribution >= 0.6 is 0 Å². The van der Waals surface area contributed by atoms with Gasteiger partial charge in [0.05, 0.1) is 19.7 Å². The van der Waals surface area contributed by atoms with Crippen LogP contribution in [-0.4, -0.2) is 18.8 Å². The van der Waals surface area contributed by atoms with Gasteiger partial charge in [-0.15, -0.1) is 0 Å². The molecule has 0 amide bonds. The highest BCUT2D eigenvalue weighted by molar-refractivity contribution is 5.88. The van der Waals surface area contributed by atoms with E-state index in [1.54, 1.807) is 14.2 Å². The Kier molecular flexibility index (Phi) is 4.28. The lowest BCUT2D eigenvalue weighted by atomic mass is 10.0. The fourth-order valence-electron chi connectivity index (χ4n) is 2.87. The molecular weight excluding hydrogens is 286 g/mol. The average molecular weight is 309 g/mol. The molecule has 3 heteroatoms. The Morgan fingerprint density at radius 2 is 1.70 bits per heavy atom. The first-order valence-electron chi connectivity index (χ1n) is 7.92. The van der Waals surface area contributed by atoms with E-state index >= 15 is 0 Å². The van der Waals surface area contributed by atoms with Crippen molar-refractivity contribution in [2.45, 2.75) is 26.3 Å². The number of nitrogens with zero attached hydrogens (tertiary/aromatic N) is 1. The second kappa shape index (κ2) is 6.37. The predicted molar refractivity (Wildman–Crippen MR) is 94.7 cm³/mol. The van der Waals surface area contributed by atoms with Crippen LogP contribution in [0, 0.1) is 0 Å². The predicted octanol–water partition coefficient (Wildman–Crippen LogP) is 4.83. The first-order valence-corrected chi connectivity index (χ1v) is 7.92. The van der Waals surface area contributed by atoms with Crippen molar-refractivity contribution in [2.24, 2.45) is 0 Å². The minimum atomic E-state index is 0.560. The molecular formula is C20H23NO2. The zero-order chi connectivity index (χ0) is 16.4. The smallest absolute Gasteiger partial charge is 0.131 e. The number of rotatable bonds is 5. The lowest BCUT2D eigenvalue weighted by Crippen LogP contribution is -1.99. The fourth-order valence-corrected chi connectivity index (χ4v) is 2.87. The first kappa shape index (κ1) is 15.5. The maximum absolute atomic E-state index is 5.48. The zero-order valence-electron chi connectivity index (χ0n) is 14.2. The van der Waals surface area contributed by atoms with E-state index in [-0.39, 0.29) is 0 Å². The van der Waals surface area contributed by atoms with Gasteiger partial charge >= 0.3 is 0 Å². The van der Waals surface area contributed by atoms with Crippen LogP contribution in [0.4, 0.5) is 0 Å². The summed E-state index contributed by atoms with van der Waals surface area (Å²) in [4.78, 5) is 0. The van der Waals surface area contributed by atoms with Gasteiger partial charge in [0.2, 0.25) is 0 Å². The van der Waals surface area contributed by atoms with Crippen molar-refractivity contribution in [2.75, 3.05) is 14.2 Å². The minimum Gasteiger partial charge on any atom is -0.497 e. The largest absolute Gasteiger partial charge is 0.497 e. The van der Waals surface area contributed by atoms with Gasteiger partial charge in [-0.25, -0.2) is 0 Å². The summed E-state index contributed by atoms with van der Waals surface area (Å²) in [7, 11) is 3.37. The first-order chi connectivity index (χ1) is 11.1. The second-order valence-corrected chi connectivity index (χ2v) is 6.10.